The van der Waals surface area contributed by atoms with Crippen LogP contribution in [-0.4, -0.2) is 66.2 Å². The molecular weight excluding hydrogens is 396 g/mol. The van der Waals surface area contributed by atoms with Crippen molar-refractivity contribution in [3.8, 4) is 0 Å². The van der Waals surface area contributed by atoms with Gasteiger partial charge in [0.1, 0.15) is 0 Å². The summed E-state index contributed by atoms with van der Waals surface area (Å²) in [6, 6.07) is 15.3. The van der Waals surface area contributed by atoms with Crippen LogP contribution >= 0.6 is 0 Å². The minimum Gasteiger partial charge on any atom is -0.306 e. The molecule has 2 aliphatic heterocycles. The lowest BCUT2D eigenvalue weighted by atomic mass is 9.93. The molecule has 1 atom stereocenters. The summed E-state index contributed by atoms with van der Waals surface area (Å²) in [5.74, 6) is 0.0833. The summed E-state index contributed by atoms with van der Waals surface area (Å²) >= 11 is 0. The van der Waals surface area contributed by atoms with E-state index in [1.165, 1.54) is 22.3 Å². The van der Waals surface area contributed by atoms with E-state index in [4.69, 9.17) is 5.10 Å². The molecule has 0 spiro atoms. The zero-order valence-electron chi connectivity index (χ0n) is 20.1. The number of piperidine rings is 1. The summed E-state index contributed by atoms with van der Waals surface area (Å²) in [7, 11) is 4.25. The van der Waals surface area contributed by atoms with Crippen LogP contribution in [-0.2, 0) is 4.79 Å². The minimum absolute atomic E-state index is 0.0520. The molecule has 2 aromatic rings. The number of rotatable bonds is 5. The summed E-state index contributed by atoms with van der Waals surface area (Å²) in [6.45, 7) is 8.93. The van der Waals surface area contributed by atoms with Gasteiger partial charge < -0.3 is 4.90 Å². The van der Waals surface area contributed by atoms with Crippen molar-refractivity contribution in [2.24, 2.45) is 5.10 Å². The van der Waals surface area contributed by atoms with Gasteiger partial charge in [-0.15, -0.1) is 0 Å². The largest absolute Gasteiger partial charge is 0.306 e. The Morgan fingerprint density at radius 2 is 1.78 bits per heavy atom. The van der Waals surface area contributed by atoms with E-state index in [1.807, 2.05) is 0 Å². The highest BCUT2D eigenvalue weighted by atomic mass is 16.2. The van der Waals surface area contributed by atoms with E-state index < -0.39 is 0 Å². The highest BCUT2D eigenvalue weighted by Crippen LogP contribution is 2.35. The quantitative estimate of drug-likeness (QED) is 0.707. The van der Waals surface area contributed by atoms with Crippen LogP contribution in [0.3, 0.4) is 0 Å². The summed E-state index contributed by atoms with van der Waals surface area (Å²) in [4.78, 5) is 18.1. The van der Waals surface area contributed by atoms with Crippen LogP contribution in [0.4, 0.5) is 0 Å². The van der Waals surface area contributed by atoms with Crippen molar-refractivity contribution in [2.75, 3.05) is 33.7 Å². The molecule has 5 nitrogen and oxygen atoms in total. The van der Waals surface area contributed by atoms with Crippen LogP contribution < -0.4 is 0 Å². The first-order chi connectivity index (χ1) is 15.3. The first-order valence-corrected chi connectivity index (χ1v) is 11.7. The zero-order chi connectivity index (χ0) is 22.8. The Kier molecular flexibility index (Phi) is 6.77. The monoisotopic (exact) mass is 432 g/mol. The molecule has 1 amide bonds. The molecule has 170 valence electrons. The van der Waals surface area contributed by atoms with E-state index in [2.05, 4.69) is 87.1 Å². The van der Waals surface area contributed by atoms with Crippen molar-refractivity contribution in [3.05, 3.63) is 70.3 Å². The van der Waals surface area contributed by atoms with Crippen molar-refractivity contribution in [1.29, 1.82) is 0 Å². The third kappa shape index (κ3) is 4.94. The number of carbonyl (C=O) groups excluding carboxylic acids is 1. The van der Waals surface area contributed by atoms with E-state index >= 15 is 0 Å². The van der Waals surface area contributed by atoms with E-state index in [-0.39, 0.29) is 11.9 Å². The van der Waals surface area contributed by atoms with Gasteiger partial charge in [0.15, 0.2) is 0 Å². The second-order valence-corrected chi connectivity index (χ2v) is 9.68. The Morgan fingerprint density at radius 3 is 2.50 bits per heavy atom. The Balaban J connectivity index is 1.60. The lowest BCUT2D eigenvalue weighted by Gasteiger charge is -2.35. The zero-order valence-corrected chi connectivity index (χ0v) is 20.1. The van der Waals surface area contributed by atoms with Gasteiger partial charge in [-0.2, -0.15) is 5.10 Å². The van der Waals surface area contributed by atoms with Crippen molar-refractivity contribution < 1.29 is 4.79 Å². The van der Waals surface area contributed by atoms with Crippen LogP contribution in [0.15, 0.2) is 47.6 Å². The molecule has 0 N–H and O–H groups in total. The third-order valence-electron chi connectivity index (χ3n) is 7.01. The lowest BCUT2D eigenvalue weighted by molar-refractivity contribution is -0.134. The fourth-order valence-corrected chi connectivity index (χ4v) is 4.95. The molecule has 1 saturated heterocycles. The topological polar surface area (TPSA) is 39.2 Å². The summed E-state index contributed by atoms with van der Waals surface area (Å²) in [6.07, 6.45) is 2.97. The Morgan fingerprint density at radius 1 is 1.06 bits per heavy atom. The second kappa shape index (κ2) is 9.55. The number of nitrogens with zero attached hydrogens (tertiary/aromatic N) is 4. The van der Waals surface area contributed by atoms with E-state index in [1.54, 1.807) is 5.01 Å². The highest BCUT2D eigenvalue weighted by Gasteiger charge is 2.35. The van der Waals surface area contributed by atoms with Gasteiger partial charge in [0.2, 0.25) is 0 Å². The van der Waals surface area contributed by atoms with Crippen molar-refractivity contribution >= 4 is 11.6 Å². The summed E-state index contributed by atoms with van der Waals surface area (Å²) in [5, 5.41) is 6.67. The maximum absolute atomic E-state index is 13.6. The fourth-order valence-electron chi connectivity index (χ4n) is 4.95. The Labute approximate surface area is 192 Å². The van der Waals surface area contributed by atoms with Crippen LogP contribution in [0, 0.1) is 20.8 Å². The third-order valence-corrected chi connectivity index (χ3v) is 7.01. The van der Waals surface area contributed by atoms with Gasteiger partial charge in [-0.1, -0.05) is 53.6 Å². The van der Waals surface area contributed by atoms with Crippen LogP contribution in [0.1, 0.15) is 53.1 Å². The number of likely N-dealkylation sites (tertiary alicyclic amines) is 1. The minimum atomic E-state index is -0.0520. The average Bonchev–Trinajstić information content (AvgIpc) is 3.21. The van der Waals surface area contributed by atoms with Gasteiger partial charge in [-0.3, -0.25) is 9.69 Å². The first-order valence-electron chi connectivity index (χ1n) is 11.7. The molecule has 0 aliphatic carbocycles. The predicted molar refractivity (Wildman–Crippen MR) is 131 cm³/mol. The number of hydrogen-bond acceptors (Lipinski definition) is 4. The highest BCUT2D eigenvalue weighted by molar-refractivity contribution is 6.03. The molecule has 4 rings (SSSR count). The number of hydrogen-bond donors (Lipinski definition) is 0. The molecule has 2 heterocycles. The number of likely N-dealkylation sites (N-methyl/N-ethyl adjacent to an activating group) is 1. The predicted octanol–water partition coefficient (Wildman–Crippen LogP) is 4.32. The molecule has 32 heavy (non-hydrogen) atoms. The van der Waals surface area contributed by atoms with Gasteiger partial charge in [-0.05, 0) is 77.5 Å². The Hall–Kier alpha value is -2.50. The van der Waals surface area contributed by atoms with Crippen molar-refractivity contribution in [3.63, 3.8) is 0 Å². The molecule has 0 bridgehead atoms. The second-order valence-electron chi connectivity index (χ2n) is 9.68. The van der Waals surface area contributed by atoms with E-state index in [0.717, 1.165) is 43.6 Å². The van der Waals surface area contributed by atoms with E-state index in [9.17, 15) is 4.79 Å². The molecule has 2 aliphatic rings. The van der Waals surface area contributed by atoms with Crippen LogP contribution in [0.25, 0.3) is 0 Å². The van der Waals surface area contributed by atoms with E-state index in [0.29, 0.717) is 12.6 Å². The van der Waals surface area contributed by atoms with Crippen LogP contribution in [0.2, 0.25) is 0 Å². The van der Waals surface area contributed by atoms with Gasteiger partial charge in [-0.25, -0.2) is 5.01 Å². The molecular formula is C27H36N4O. The summed E-state index contributed by atoms with van der Waals surface area (Å²) in [5.41, 5.74) is 6.94. The molecule has 0 saturated carbocycles. The van der Waals surface area contributed by atoms with Gasteiger partial charge >= 0.3 is 0 Å². The maximum Gasteiger partial charge on any atom is 0.257 e. The molecule has 2 aromatic carbocycles. The number of carbonyl (C=O) groups is 1. The number of amides is 1. The molecule has 0 aromatic heterocycles. The first kappa shape index (κ1) is 22.7. The van der Waals surface area contributed by atoms with Gasteiger partial charge in [0.05, 0.1) is 18.3 Å². The molecule has 5 heteroatoms. The summed E-state index contributed by atoms with van der Waals surface area (Å²) < 4.78 is 0. The molecule has 0 radical (unpaired) electrons. The smallest absolute Gasteiger partial charge is 0.257 e. The number of hydrazone groups is 1. The van der Waals surface area contributed by atoms with Gasteiger partial charge in [0.25, 0.3) is 5.91 Å². The molecule has 1 unspecified atom stereocenters. The fraction of sp³-hybridized carbons (Fsp3) is 0.481. The SMILES string of the molecule is Cc1cccc(C2=NN(C(=O)CN(C)C3CCN(C)CC3)C(c3cc(C)ccc3C)C2)c1. The standard InChI is InChI=1S/C27H36N4O/c1-19-7-6-8-22(15-19)25-17-26(24-16-20(2)9-10-21(24)3)31(28-25)27(32)18-30(5)23-11-13-29(4)14-12-23/h6-10,15-16,23,26H,11-14,17-18H2,1-5H3. The average molecular weight is 433 g/mol. The van der Waals surface area contributed by atoms with Crippen molar-refractivity contribution in [1.82, 2.24) is 14.8 Å². The molecule has 1 fully saturated rings. The normalized spacial score (nSPS) is 20.1. The lowest BCUT2D eigenvalue weighted by Crippen LogP contribution is -2.46. The number of benzene rings is 2. The number of aryl methyl sites for hydroxylation is 3. The Bertz CT molecular complexity index is 1010. The van der Waals surface area contributed by atoms with Gasteiger partial charge in [0, 0.05) is 12.5 Å². The maximum atomic E-state index is 13.6. The van der Waals surface area contributed by atoms with Crippen LogP contribution in [0.5, 0.6) is 0 Å². The van der Waals surface area contributed by atoms with Crippen molar-refractivity contribution in [2.45, 2.75) is 52.1 Å².